The summed E-state index contributed by atoms with van der Waals surface area (Å²) in [6, 6.07) is 1.60. The third-order valence-electron chi connectivity index (χ3n) is 2.21. The van der Waals surface area contributed by atoms with Gasteiger partial charge < -0.3 is 10.8 Å². The number of halogens is 1. The molecule has 0 aliphatic rings. The summed E-state index contributed by atoms with van der Waals surface area (Å²) in [6.45, 7) is 3.45. The summed E-state index contributed by atoms with van der Waals surface area (Å²) in [5.41, 5.74) is 5.31. The Balaban J connectivity index is 3.37. The molecule has 0 fully saturated rings. The van der Waals surface area contributed by atoms with E-state index in [-0.39, 0.29) is 12.3 Å². The molecule has 82 valence electrons. The van der Waals surface area contributed by atoms with Crippen LogP contribution in [0.5, 0.6) is 0 Å². The average molecular weight is 229 g/mol. The van der Waals surface area contributed by atoms with Crippen LogP contribution in [0.4, 0.5) is 0 Å². The smallest absolute Gasteiger partial charge is 0.267 e. The van der Waals surface area contributed by atoms with Gasteiger partial charge in [-0.3, -0.25) is 4.79 Å². The number of amides is 1. The van der Waals surface area contributed by atoms with Crippen LogP contribution < -0.4 is 5.73 Å². The molecule has 0 bridgehead atoms. The Morgan fingerprint density at radius 1 is 1.67 bits per heavy atom. The standard InChI is InChI=1S/C10H13ClN2O2/c1-10(2,5-14)7-3-6(11)4-13-8(7)9(12)15/h3-4,14H,5H2,1-2H3,(H2,12,15). The fraction of sp³-hybridized carbons (Fsp3) is 0.400. The second kappa shape index (κ2) is 4.16. The molecule has 0 spiro atoms. The number of nitrogens with zero attached hydrogens (tertiary/aromatic N) is 1. The lowest BCUT2D eigenvalue weighted by atomic mass is 9.84. The maximum Gasteiger partial charge on any atom is 0.267 e. The number of nitrogens with two attached hydrogens (primary N) is 1. The highest BCUT2D eigenvalue weighted by molar-refractivity contribution is 6.30. The number of aliphatic hydroxyl groups excluding tert-OH is 1. The van der Waals surface area contributed by atoms with E-state index in [2.05, 4.69) is 4.98 Å². The van der Waals surface area contributed by atoms with Crippen LogP contribution in [0.25, 0.3) is 0 Å². The quantitative estimate of drug-likeness (QED) is 0.814. The minimum atomic E-state index is -0.622. The molecule has 1 amide bonds. The van der Waals surface area contributed by atoms with Gasteiger partial charge in [0.1, 0.15) is 5.69 Å². The van der Waals surface area contributed by atoms with Crippen LogP contribution in [0, 0.1) is 0 Å². The lowest BCUT2D eigenvalue weighted by Crippen LogP contribution is -2.28. The Hall–Kier alpha value is -1.13. The van der Waals surface area contributed by atoms with Gasteiger partial charge in [-0.2, -0.15) is 0 Å². The zero-order chi connectivity index (χ0) is 11.6. The number of aromatic nitrogens is 1. The van der Waals surface area contributed by atoms with E-state index in [4.69, 9.17) is 17.3 Å². The van der Waals surface area contributed by atoms with Crippen LogP contribution >= 0.6 is 11.6 Å². The van der Waals surface area contributed by atoms with Crippen LogP contribution in [-0.2, 0) is 5.41 Å². The molecule has 5 heteroatoms. The molecule has 1 rings (SSSR count). The van der Waals surface area contributed by atoms with Gasteiger partial charge >= 0.3 is 0 Å². The molecule has 0 aliphatic carbocycles. The number of carbonyl (C=O) groups excluding carboxylic acids is 1. The maximum atomic E-state index is 11.1. The first kappa shape index (κ1) is 11.9. The van der Waals surface area contributed by atoms with Crippen LogP contribution in [0.15, 0.2) is 12.3 Å². The van der Waals surface area contributed by atoms with Crippen molar-refractivity contribution in [2.24, 2.45) is 5.73 Å². The van der Waals surface area contributed by atoms with Crippen molar-refractivity contribution in [3.05, 3.63) is 28.5 Å². The number of carbonyl (C=O) groups is 1. The average Bonchev–Trinajstić information content (AvgIpc) is 2.17. The van der Waals surface area contributed by atoms with Crippen molar-refractivity contribution >= 4 is 17.5 Å². The molecular formula is C10H13ClN2O2. The summed E-state index contributed by atoms with van der Waals surface area (Å²) >= 11 is 5.79. The summed E-state index contributed by atoms with van der Waals surface area (Å²) in [7, 11) is 0. The molecule has 0 unspecified atom stereocenters. The van der Waals surface area contributed by atoms with E-state index in [1.165, 1.54) is 6.20 Å². The van der Waals surface area contributed by atoms with Gasteiger partial charge in [0.2, 0.25) is 0 Å². The third-order valence-corrected chi connectivity index (χ3v) is 2.42. The van der Waals surface area contributed by atoms with E-state index >= 15 is 0 Å². The van der Waals surface area contributed by atoms with E-state index in [1.54, 1.807) is 19.9 Å². The molecule has 0 radical (unpaired) electrons. The van der Waals surface area contributed by atoms with Crippen LogP contribution in [0.2, 0.25) is 5.02 Å². The number of hydrogen-bond acceptors (Lipinski definition) is 3. The minimum absolute atomic E-state index is 0.116. The van der Waals surface area contributed by atoms with E-state index < -0.39 is 11.3 Å². The predicted molar refractivity (Wildman–Crippen MR) is 57.9 cm³/mol. The van der Waals surface area contributed by atoms with Crippen molar-refractivity contribution in [3.63, 3.8) is 0 Å². The molecule has 0 saturated carbocycles. The van der Waals surface area contributed by atoms with Gasteiger partial charge in [-0.05, 0) is 11.6 Å². The highest BCUT2D eigenvalue weighted by Gasteiger charge is 2.26. The molecule has 1 heterocycles. The molecule has 0 aromatic carbocycles. The molecule has 15 heavy (non-hydrogen) atoms. The molecule has 1 aromatic rings. The van der Waals surface area contributed by atoms with Crippen molar-refractivity contribution in [2.45, 2.75) is 19.3 Å². The fourth-order valence-electron chi connectivity index (χ4n) is 1.24. The van der Waals surface area contributed by atoms with Gasteiger partial charge in [0, 0.05) is 11.6 Å². The topological polar surface area (TPSA) is 76.2 Å². The number of hydrogen-bond donors (Lipinski definition) is 2. The summed E-state index contributed by atoms with van der Waals surface area (Å²) in [4.78, 5) is 15.0. The highest BCUT2D eigenvalue weighted by atomic mass is 35.5. The Morgan fingerprint density at radius 3 is 2.73 bits per heavy atom. The molecule has 0 atom stereocenters. The van der Waals surface area contributed by atoms with Gasteiger partial charge in [0.25, 0.3) is 5.91 Å². The largest absolute Gasteiger partial charge is 0.395 e. The molecule has 4 nitrogen and oxygen atoms in total. The first-order valence-electron chi connectivity index (χ1n) is 4.45. The van der Waals surface area contributed by atoms with Crippen molar-refractivity contribution in [2.75, 3.05) is 6.61 Å². The SMILES string of the molecule is CC(C)(CO)c1cc(Cl)cnc1C(N)=O. The number of aliphatic hydroxyl groups is 1. The zero-order valence-electron chi connectivity index (χ0n) is 8.62. The minimum Gasteiger partial charge on any atom is -0.395 e. The molecule has 0 aliphatic heterocycles. The number of pyridine rings is 1. The lowest BCUT2D eigenvalue weighted by Gasteiger charge is -2.23. The van der Waals surface area contributed by atoms with Gasteiger partial charge in [-0.25, -0.2) is 4.98 Å². The van der Waals surface area contributed by atoms with Crippen LogP contribution in [-0.4, -0.2) is 22.6 Å². The summed E-state index contributed by atoms with van der Waals surface area (Å²) in [6.07, 6.45) is 1.36. The molecule has 3 N–H and O–H groups in total. The first-order valence-corrected chi connectivity index (χ1v) is 4.83. The van der Waals surface area contributed by atoms with Crippen molar-refractivity contribution in [1.29, 1.82) is 0 Å². The number of primary amides is 1. The van der Waals surface area contributed by atoms with Crippen molar-refractivity contribution in [3.8, 4) is 0 Å². The third kappa shape index (κ3) is 2.46. The van der Waals surface area contributed by atoms with E-state index in [0.29, 0.717) is 10.6 Å². The van der Waals surface area contributed by atoms with Crippen LogP contribution in [0.3, 0.4) is 0 Å². The first-order chi connectivity index (χ1) is 6.88. The monoisotopic (exact) mass is 228 g/mol. The van der Waals surface area contributed by atoms with Gasteiger partial charge in [-0.1, -0.05) is 25.4 Å². The Kier molecular flexibility index (Phi) is 3.31. The molecular weight excluding hydrogens is 216 g/mol. The fourth-order valence-corrected chi connectivity index (χ4v) is 1.39. The molecule has 1 aromatic heterocycles. The zero-order valence-corrected chi connectivity index (χ0v) is 9.38. The van der Waals surface area contributed by atoms with Crippen molar-refractivity contribution in [1.82, 2.24) is 4.98 Å². The van der Waals surface area contributed by atoms with Gasteiger partial charge in [0.15, 0.2) is 0 Å². The Bertz CT molecular complexity index is 391. The predicted octanol–water partition coefficient (Wildman–Crippen LogP) is 1.10. The second-order valence-electron chi connectivity index (χ2n) is 3.96. The molecule has 0 saturated heterocycles. The van der Waals surface area contributed by atoms with Gasteiger partial charge in [-0.15, -0.1) is 0 Å². The van der Waals surface area contributed by atoms with E-state index in [1.807, 2.05) is 0 Å². The summed E-state index contributed by atoms with van der Waals surface area (Å²) in [5.74, 6) is -0.622. The normalized spacial score (nSPS) is 11.5. The van der Waals surface area contributed by atoms with Crippen molar-refractivity contribution < 1.29 is 9.90 Å². The summed E-state index contributed by atoms with van der Waals surface area (Å²) in [5, 5.41) is 9.64. The Labute approximate surface area is 93.1 Å². The lowest BCUT2D eigenvalue weighted by molar-refractivity contribution is 0.0991. The van der Waals surface area contributed by atoms with E-state index in [9.17, 15) is 9.90 Å². The highest BCUT2D eigenvalue weighted by Crippen LogP contribution is 2.27. The number of rotatable bonds is 3. The Morgan fingerprint density at radius 2 is 2.27 bits per heavy atom. The second-order valence-corrected chi connectivity index (χ2v) is 4.39. The van der Waals surface area contributed by atoms with E-state index in [0.717, 1.165) is 0 Å². The van der Waals surface area contributed by atoms with Gasteiger partial charge in [0.05, 0.1) is 11.6 Å². The maximum absolute atomic E-state index is 11.1. The summed E-state index contributed by atoms with van der Waals surface area (Å²) < 4.78 is 0. The van der Waals surface area contributed by atoms with Crippen LogP contribution in [0.1, 0.15) is 29.9 Å².